The van der Waals surface area contributed by atoms with Gasteiger partial charge >= 0.3 is 0 Å². The summed E-state index contributed by atoms with van der Waals surface area (Å²) in [6.45, 7) is 2.55. The molecule has 12 rings (SSSR count). The zero-order valence-corrected chi connectivity index (χ0v) is 33.0. The monoisotopic (exact) mass is 746 g/mol. The summed E-state index contributed by atoms with van der Waals surface area (Å²) in [6.07, 6.45) is 35.2. The molecule has 2 nitrogen and oxygen atoms in total. The van der Waals surface area contributed by atoms with Crippen LogP contribution in [-0.4, -0.2) is 11.9 Å². The Hall–Kier alpha value is -6.12. The summed E-state index contributed by atoms with van der Waals surface area (Å²) < 4.78 is 0. The van der Waals surface area contributed by atoms with Crippen LogP contribution >= 0.6 is 0 Å². The molecule has 4 aromatic rings. The van der Waals surface area contributed by atoms with Gasteiger partial charge in [-0.1, -0.05) is 176 Å². The van der Waals surface area contributed by atoms with E-state index in [2.05, 4.69) is 177 Å². The molecule has 2 heteroatoms. The lowest BCUT2D eigenvalue weighted by atomic mass is 9.49. The van der Waals surface area contributed by atoms with Crippen molar-refractivity contribution >= 4 is 17.6 Å². The fraction of sp³-hybridized carbons (Fsp3) is 0.214. The predicted molar refractivity (Wildman–Crippen MR) is 239 cm³/mol. The minimum Gasteiger partial charge on any atom is -0.301 e. The smallest absolute Gasteiger partial charge is 0.0726 e. The molecule has 0 fully saturated rings. The maximum absolute atomic E-state index is 9.63. The van der Waals surface area contributed by atoms with Gasteiger partial charge in [0.2, 0.25) is 0 Å². The number of nitrogens with one attached hydrogen (secondary N) is 1. The van der Waals surface area contributed by atoms with Gasteiger partial charge in [-0.25, -0.2) is 0 Å². The molecule has 4 aromatic carbocycles. The van der Waals surface area contributed by atoms with Gasteiger partial charge in [0, 0.05) is 29.0 Å². The Labute approximate surface area is 342 Å². The van der Waals surface area contributed by atoms with Gasteiger partial charge < -0.3 is 5.41 Å². The van der Waals surface area contributed by atoms with Crippen molar-refractivity contribution in [2.75, 3.05) is 0 Å². The number of benzene rings is 4. The SMILES string of the molecule is CC12CC=CC=C1C1(C3=C2CCC2=CC23)c2ccccc2C2(c3ccccc3-c3ccccc32)c2c(/C(=C/C(=N)C3=CC=CCC3)N=CC3C=CC=CC3)cccc21. The normalized spacial score (nSPS) is 27.3. The second-order valence-corrected chi connectivity index (χ2v) is 17.6. The molecule has 8 aliphatic rings. The molecule has 0 aromatic heterocycles. The first kappa shape index (κ1) is 34.0. The zero-order valence-electron chi connectivity index (χ0n) is 33.0. The van der Waals surface area contributed by atoms with Crippen LogP contribution in [0.5, 0.6) is 0 Å². The molecular weight excluding hydrogens is 701 g/mol. The summed E-state index contributed by atoms with van der Waals surface area (Å²) in [5.74, 6) is 0.587. The minimum absolute atomic E-state index is 0.0663. The number of nitrogens with zero attached hydrogens (tertiary/aromatic N) is 1. The van der Waals surface area contributed by atoms with Crippen LogP contribution in [-0.2, 0) is 10.8 Å². The summed E-state index contributed by atoms with van der Waals surface area (Å²) in [5.41, 5.74) is 19.6. The maximum Gasteiger partial charge on any atom is 0.0726 e. The molecule has 58 heavy (non-hydrogen) atoms. The topological polar surface area (TPSA) is 36.2 Å². The van der Waals surface area contributed by atoms with Crippen molar-refractivity contribution in [2.24, 2.45) is 22.2 Å². The van der Waals surface area contributed by atoms with Crippen molar-refractivity contribution in [3.63, 3.8) is 0 Å². The van der Waals surface area contributed by atoms with E-state index in [-0.39, 0.29) is 11.3 Å². The molecule has 0 heterocycles. The van der Waals surface area contributed by atoms with Crippen LogP contribution in [0.15, 0.2) is 197 Å². The van der Waals surface area contributed by atoms with Crippen LogP contribution in [0.4, 0.5) is 0 Å². The number of hydrogen-bond acceptors (Lipinski definition) is 2. The van der Waals surface area contributed by atoms with Crippen LogP contribution in [0.2, 0.25) is 0 Å². The maximum atomic E-state index is 9.63. The molecule has 0 aliphatic heterocycles. The van der Waals surface area contributed by atoms with Crippen molar-refractivity contribution in [3.05, 3.63) is 231 Å². The van der Waals surface area contributed by atoms with Crippen LogP contribution in [0.3, 0.4) is 0 Å². The molecule has 8 aliphatic carbocycles. The molecule has 4 atom stereocenters. The fourth-order valence-electron chi connectivity index (χ4n) is 12.4. The average molecular weight is 747 g/mol. The van der Waals surface area contributed by atoms with Crippen LogP contribution in [0, 0.1) is 22.7 Å². The first-order chi connectivity index (χ1) is 28.6. The second kappa shape index (κ2) is 12.4. The standard InChI is InChI=1S/C56H46N2/c1-54-32-15-14-29-51(54)56(53-42-33-38(42)30-31-47(53)54)46-27-13-12-26-45(46)55(43-24-10-8-21-39(43)40-22-9-11-25-44(40)55)52-41(23-16-28-48(52)56)50(58-35-36-17-4-2-5-18-36)34-49(57)37-19-6-3-7-20-37/h2-6,8-17,19,21-29,33-36,42,57H,7,18,20,30-32H2,1H3/b50-34-,57-49?,58-35?. The molecule has 0 saturated carbocycles. The molecule has 1 N–H and O–H groups in total. The van der Waals surface area contributed by atoms with Crippen LogP contribution < -0.4 is 0 Å². The second-order valence-electron chi connectivity index (χ2n) is 17.6. The Morgan fingerprint density at radius 2 is 1.43 bits per heavy atom. The minimum atomic E-state index is -0.614. The van der Waals surface area contributed by atoms with E-state index in [1.54, 1.807) is 16.7 Å². The van der Waals surface area contributed by atoms with Gasteiger partial charge in [0.05, 0.1) is 22.2 Å². The molecule has 280 valence electrons. The van der Waals surface area contributed by atoms with Crippen molar-refractivity contribution in [1.29, 1.82) is 5.41 Å². The summed E-state index contributed by atoms with van der Waals surface area (Å²) in [5, 5.41) is 9.63. The largest absolute Gasteiger partial charge is 0.301 e. The lowest BCUT2D eigenvalue weighted by molar-refractivity contribution is 0.449. The van der Waals surface area contributed by atoms with E-state index in [0.29, 0.717) is 11.6 Å². The first-order valence-electron chi connectivity index (χ1n) is 21.4. The van der Waals surface area contributed by atoms with E-state index in [1.807, 2.05) is 0 Å². The predicted octanol–water partition coefficient (Wildman–Crippen LogP) is 13.0. The van der Waals surface area contributed by atoms with E-state index in [1.165, 1.54) is 56.5 Å². The molecule has 4 unspecified atom stereocenters. The Morgan fingerprint density at radius 1 is 0.707 bits per heavy atom. The molecule has 0 amide bonds. The van der Waals surface area contributed by atoms with Crippen molar-refractivity contribution in [1.82, 2.24) is 0 Å². The number of rotatable bonds is 5. The summed E-state index contributed by atoms with van der Waals surface area (Å²) in [4.78, 5) is 5.51. The lowest BCUT2D eigenvalue weighted by Gasteiger charge is -2.52. The van der Waals surface area contributed by atoms with Gasteiger partial charge in [0.1, 0.15) is 0 Å². The highest BCUT2D eigenvalue weighted by atomic mass is 14.8. The van der Waals surface area contributed by atoms with E-state index in [4.69, 9.17) is 4.99 Å². The van der Waals surface area contributed by atoms with E-state index in [0.717, 1.165) is 48.9 Å². The third-order valence-corrected chi connectivity index (χ3v) is 14.8. The molecule has 0 bridgehead atoms. The Bertz CT molecular complexity index is 2790. The van der Waals surface area contributed by atoms with Gasteiger partial charge in [-0.05, 0) is 106 Å². The van der Waals surface area contributed by atoms with E-state index >= 15 is 0 Å². The molecule has 0 saturated heterocycles. The quantitative estimate of drug-likeness (QED) is 0.137. The van der Waals surface area contributed by atoms with Crippen LogP contribution in [0.25, 0.3) is 16.8 Å². The highest BCUT2D eigenvalue weighted by Crippen LogP contribution is 2.75. The summed E-state index contributed by atoms with van der Waals surface area (Å²) >= 11 is 0. The fourth-order valence-corrected chi connectivity index (χ4v) is 12.4. The van der Waals surface area contributed by atoms with Crippen LogP contribution in [0.1, 0.15) is 84.4 Å². The first-order valence-corrected chi connectivity index (χ1v) is 21.4. The lowest BCUT2D eigenvalue weighted by Crippen LogP contribution is -2.46. The summed E-state index contributed by atoms with van der Waals surface area (Å²) in [6, 6.07) is 35.0. The Balaban J connectivity index is 1.24. The molecule has 2 spiro atoms. The number of allylic oxidation sites excluding steroid dienone is 17. The van der Waals surface area contributed by atoms with Crippen molar-refractivity contribution in [2.45, 2.75) is 56.3 Å². The Morgan fingerprint density at radius 3 is 2.17 bits per heavy atom. The van der Waals surface area contributed by atoms with E-state index < -0.39 is 10.8 Å². The molecular formula is C56H46N2. The van der Waals surface area contributed by atoms with Gasteiger partial charge in [-0.3, -0.25) is 4.99 Å². The number of aliphatic imine (C=N–C) groups is 1. The van der Waals surface area contributed by atoms with Crippen molar-refractivity contribution < 1.29 is 0 Å². The summed E-state index contributed by atoms with van der Waals surface area (Å²) in [7, 11) is 0. The third-order valence-electron chi connectivity index (χ3n) is 14.8. The highest BCUT2D eigenvalue weighted by Gasteiger charge is 2.66. The zero-order chi connectivity index (χ0) is 38.6. The van der Waals surface area contributed by atoms with Gasteiger partial charge in [0.15, 0.2) is 0 Å². The Kier molecular flexibility index (Phi) is 7.29. The third kappa shape index (κ3) is 4.38. The molecule has 0 radical (unpaired) electrons. The highest BCUT2D eigenvalue weighted by molar-refractivity contribution is 6.11. The average Bonchev–Trinajstić information content (AvgIpc) is 3.97. The number of fused-ring (bicyclic) bond motifs is 17. The van der Waals surface area contributed by atoms with Gasteiger partial charge in [-0.15, -0.1) is 0 Å². The van der Waals surface area contributed by atoms with Crippen molar-refractivity contribution in [3.8, 4) is 11.1 Å². The van der Waals surface area contributed by atoms with Gasteiger partial charge in [-0.2, -0.15) is 0 Å². The van der Waals surface area contributed by atoms with E-state index in [9.17, 15) is 5.41 Å². The van der Waals surface area contributed by atoms with Gasteiger partial charge in [0.25, 0.3) is 0 Å². The number of hydrogen-bond donors (Lipinski definition) is 1.